The number of aryl methyl sites for hydroxylation is 1. The molecule has 2 aromatic heterocycles. The molecule has 4 rings (SSSR count). The monoisotopic (exact) mass is 403 g/mol. The molecule has 0 bridgehead atoms. The van der Waals surface area contributed by atoms with E-state index in [1.807, 2.05) is 18.2 Å². The highest BCUT2D eigenvalue weighted by atomic mass is 32.1. The number of anilines is 1. The number of methoxy groups -OCH3 is 1. The van der Waals surface area contributed by atoms with E-state index in [0.717, 1.165) is 34.6 Å². The number of hydrogen-bond donors (Lipinski definition) is 1. The van der Waals surface area contributed by atoms with Crippen LogP contribution in [0, 0.1) is 6.92 Å². The minimum atomic E-state index is -0.356. The Bertz CT molecular complexity index is 1140. The van der Waals surface area contributed by atoms with Gasteiger partial charge in [0.2, 0.25) is 0 Å². The molecule has 1 N–H and O–H groups in total. The maximum Gasteiger partial charge on any atom is 0.337 e. The quantitative estimate of drug-likeness (QED) is 0.453. The second-order valence-electron chi connectivity index (χ2n) is 6.73. The third-order valence-electron chi connectivity index (χ3n) is 4.73. The van der Waals surface area contributed by atoms with Gasteiger partial charge in [-0.05, 0) is 42.0 Å². The fourth-order valence-electron chi connectivity index (χ4n) is 3.18. The van der Waals surface area contributed by atoms with Crippen molar-refractivity contribution in [2.75, 3.05) is 19.0 Å². The molecule has 0 saturated carbocycles. The van der Waals surface area contributed by atoms with Gasteiger partial charge in [0.05, 0.1) is 18.1 Å². The summed E-state index contributed by atoms with van der Waals surface area (Å²) in [5.41, 5.74) is 3.81. The summed E-state index contributed by atoms with van der Waals surface area (Å²) in [6.45, 7) is 2.86. The zero-order chi connectivity index (χ0) is 20.2. The summed E-state index contributed by atoms with van der Waals surface area (Å²) in [5, 5.41) is 6.66. The van der Waals surface area contributed by atoms with E-state index in [0.29, 0.717) is 11.4 Å². The van der Waals surface area contributed by atoms with Crippen molar-refractivity contribution in [2.24, 2.45) is 0 Å². The Morgan fingerprint density at radius 1 is 1.07 bits per heavy atom. The van der Waals surface area contributed by atoms with Gasteiger partial charge in [0.1, 0.15) is 10.6 Å². The molecular weight excluding hydrogens is 382 g/mol. The number of hydrogen-bond acceptors (Lipinski definition) is 6. The van der Waals surface area contributed by atoms with Crippen LogP contribution >= 0.6 is 11.3 Å². The van der Waals surface area contributed by atoms with Crippen LogP contribution in [0.4, 0.5) is 5.82 Å². The van der Waals surface area contributed by atoms with Gasteiger partial charge in [-0.3, -0.25) is 0 Å². The molecule has 29 heavy (non-hydrogen) atoms. The Balaban J connectivity index is 1.63. The lowest BCUT2D eigenvalue weighted by Crippen LogP contribution is -2.08. The van der Waals surface area contributed by atoms with E-state index < -0.39 is 0 Å². The molecule has 2 aromatic carbocycles. The second kappa shape index (κ2) is 8.41. The molecule has 0 aliphatic rings. The van der Waals surface area contributed by atoms with Crippen LogP contribution in [-0.2, 0) is 11.2 Å². The summed E-state index contributed by atoms with van der Waals surface area (Å²) in [6.07, 6.45) is 0.915. The van der Waals surface area contributed by atoms with Gasteiger partial charge < -0.3 is 10.1 Å². The number of nitrogens with one attached hydrogen (secondary N) is 1. The van der Waals surface area contributed by atoms with Crippen LogP contribution < -0.4 is 5.32 Å². The van der Waals surface area contributed by atoms with Crippen molar-refractivity contribution in [3.8, 4) is 11.4 Å². The normalized spacial score (nSPS) is 10.8. The van der Waals surface area contributed by atoms with E-state index >= 15 is 0 Å². The van der Waals surface area contributed by atoms with Gasteiger partial charge >= 0.3 is 5.97 Å². The van der Waals surface area contributed by atoms with E-state index in [1.54, 1.807) is 23.5 Å². The van der Waals surface area contributed by atoms with Crippen LogP contribution in [0.1, 0.15) is 21.5 Å². The minimum absolute atomic E-state index is 0.356. The number of esters is 1. The zero-order valence-corrected chi connectivity index (χ0v) is 17.1. The zero-order valence-electron chi connectivity index (χ0n) is 16.3. The van der Waals surface area contributed by atoms with Gasteiger partial charge in [0.25, 0.3) is 0 Å². The molecule has 0 aliphatic carbocycles. The summed E-state index contributed by atoms with van der Waals surface area (Å²) >= 11 is 1.61. The maximum atomic E-state index is 11.7. The molecule has 0 unspecified atom stereocenters. The van der Waals surface area contributed by atoms with Crippen LogP contribution in [0.2, 0.25) is 0 Å². The molecule has 146 valence electrons. The number of ether oxygens (including phenoxy) is 1. The van der Waals surface area contributed by atoms with Crippen LogP contribution in [0.15, 0.2) is 60.0 Å². The molecule has 0 saturated heterocycles. The third-order valence-corrected chi connectivity index (χ3v) is 5.72. The first-order valence-corrected chi connectivity index (χ1v) is 10.3. The van der Waals surface area contributed by atoms with Crippen molar-refractivity contribution in [3.05, 3.63) is 76.7 Å². The van der Waals surface area contributed by atoms with Crippen LogP contribution in [0.25, 0.3) is 21.6 Å². The maximum absolute atomic E-state index is 11.7. The lowest BCUT2D eigenvalue weighted by Gasteiger charge is -2.10. The van der Waals surface area contributed by atoms with Crippen LogP contribution in [0.5, 0.6) is 0 Å². The van der Waals surface area contributed by atoms with E-state index in [-0.39, 0.29) is 5.97 Å². The van der Waals surface area contributed by atoms with Crippen molar-refractivity contribution < 1.29 is 9.53 Å². The summed E-state index contributed by atoms with van der Waals surface area (Å²) in [5.74, 6) is 1.12. The predicted octanol–water partition coefficient (Wildman–Crippen LogP) is 5.11. The van der Waals surface area contributed by atoms with Gasteiger partial charge in [0.15, 0.2) is 5.82 Å². The van der Waals surface area contributed by atoms with Gasteiger partial charge in [-0.2, -0.15) is 0 Å². The predicted molar refractivity (Wildman–Crippen MR) is 118 cm³/mol. The van der Waals surface area contributed by atoms with E-state index in [4.69, 9.17) is 14.7 Å². The molecule has 0 atom stereocenters. The van der Waals surface area contributed by atoms with Gasteiger partial charge in [-0.25, -0.2) is 14.8 Å². The van der Waals surface area contributed by atoms with Gasteiger partial charge in [0, 0.05) is 12.1 Å². The molecule has 0 fully saturated rings. The third kappa shape index (κ3) is 4.12. The standard InChI is InChI=1S/C23H21N3O2S/c1-15-14-29-22-19(15)21(24-13-12-16-6-4-3-5-7-16)25-20(26-22)17-8-10-18(11-9-17)23(27)28-2/h3-11,14H,12-13H2,1-2H3,(H,24,25,26). The topological polar surface area (TPSA) is 64.1 Å². The van der Waals surface area contributed by atoms with Crippen molar-refractivity contribution in [3.63, 3.8) is 0 Å². The summed E-state index contributed by atoms with van der Waals surface area (Å²) < 4.78 is 4.76. The van der Waals surface area contributed by atoms with Crippen molar-refractivity contribution in [1.82, 2.24) is 9.97 Å². The molecule has 0 amide bonds. The van der Waals surface area contributed by atoms with Crippen molar-refractivity contribution >= 4 is 33.3 Å². The lowest BCUT2D eigenvalue weighted by molar-refractivity contribution is 0.0601. The number of rotatable bonds is 6. The molecule has 0 aliphatic heterocycles. The summed E-state index contributed by atoms with van der Waals surface area (Å²) in [4.78, 5) is 22.2. The highest BCUT2D eigenvalue weighted by Gasteiger charge is 2.14. The first-order chi connectivity index (χ1) is 14.2. The van der Waals surface area contributed by atoms with E-state index in [1.165, 1.54) is 18.2 Å². The Kier molecular flexibility index (Phi) is 5.53. The molecular formula is C23H21N3O2S. The Hall–Kier alpha value is -3.25. The van der Waals surface area contributed by atoms with Crippen LogP contribution in [-0.4, -0.2) is 29.6 Å². The lowest BCUT2D eigenvalue weighted by atomic mass is 10.1. The van der Waals surface area contributed by atoms with Crippen LogP contribution in [0.3, 0.4) is 0 Å². The average molecular weight is 404 g/mol. The minimum Gasteiger partial charge on any atom is -0.465 e. The second-order valence-corrected chi connectivity index (χ2v) is 7.58. The summed E-state index contributed by atoms with van der Waals surface area (Å²) in [7, 11) is 1.37. The van der Waals surface area contributed by atoms with Gasteiger partial charge in [-0.15, -0.1) is 11.3 Å². The SMILES string of the molecule is COC(=O)c1ccc(-c2nc(NCCc3ccccc3)c3c(C)csc3n2)cc1. The smallest absolute Gasteiger partial charge is 0.337 e. The number of nitrogens with zero attached hydrogens (tertiary/aromatic N) is 2. The fourth-order valence-corrected chi connectivity index (χ4v) is 4.11. The molecule has 4 aromatic rings. The average Bonchev–Trinajstić information content (AvgIpc) is 3.15. The molecule has 0 radical (unpaired) electrons. The van der Waals surface area contributed by atoms with E-state index in [9.17, 15) is 4.79 Å². The molecule has 5 nitrogen and oxygen atoms in total. The molecule has 6 heteroatoms. The number of aromatic nitrogens is 2. The largest absolute Gasteiger partial charge is 0.465 e. The summed E-state index contributed by atoms with van der Waals surface area (Å²) in [6, 6.07) is 17.5. The van der Waals surface area contributed by atoms with Crippen molar-refractivity contribution in [2.45, 2.75) is 13.3 Å². The molecule has 0 spiro atoms. The number of benzene rings is 2. The Labute approximate surface area is 173 Å². The van der Waals surface area contributed by atoms with E-state index in [2.05, 4.69) is 41.9 Å². The Morgan fingerprint density at radius 2 is 1.83 bits per heavy atom. The highest BCUT2D eigenvalue weighted by molar-refractivity contribution is 7.17. The van der Waals surface area contributed by atoms with Crippen molar-refractivity contribution in [1.29, 1.82) is 0 Å². The fraction of sp³-hybridized carbons (Fsp3) is 0.174. The molecule has 2 heterocycles. The number of carbonyl (C=O) groups excluding carboxylic acids is 1. The first kappa shape index (κ1) is 19.1. The highest BCUT2D eigenvalue weighted by Crippen LogP contribution is 2.32. The Morgan fingerprint density at radius 3 is 2.55 bits per heavy atom. The number of carbonyl (C=O) groups is 1. The first-order valence-electron chi connectivity index (χ1n) is 9.38. The number of thiophene rings is 1. The number of fused-ring (bicyclic) bond motifs is 1. The van der Waals surface area contributed by atoms with Gasteiger partial charge in [-0.1, -0.05) is 42.5 Å².